The van der Waals surface area contributed by atoms with Crippen LogP contribution in [-0.4, -0.2) is 50.2 Å². The van der Waals surface area contributed by atoms with Gasteiger partial charge in [-0.2, -0.15) is 0 Å². The molecule has 4 nitrogen and oxygen atoms in total. The smallest absolute Gasteiger partial charge is 0.248 e. The monoisotopic (exact) mass is 214 g/mol. The summed E-state index contributed by atoms with van der Waals surface area (Å²) >= 11 is 0. The van der Waals surface area contributed by atoms with Crippen LogP contribution in [0.3, 0.4) is 0 Å². The van der Waals surface area contributed by atoms with Gasteiger partial charge in [0.15, 0.2) is 0 Å². The van der Waals surface area contributed by atoms with Crippen molar-refractivity contribution in [2.75, 3.05) is 33.3 Å². The molecule has 1 aliphatic heterocycles. The van der Waals surface area contributed by atoms with Crippen molar-refractivity contribution in [3.8, 4) is 0 Å². The summed E-state index contributed by atoms with van der Waals surface area (Å²) in [5, 5.41) is 3.15. The average Bonchev–Trinajstić information content (AvgIpc) is 2.63. The first kappa shape index (κ1) is 12.5. The Kier molecular flexibility index (Phi) is 5.05. The molecule has 1 amide bonds. The number of carbonyl (C=O) groups is 1. The largest absolute Gasteiger partial charge is 0.369 e. The SMILES string of the molecule is CNCC1CCN(C(=O)COC(C)C)C1. The lowest BCUT2D eigenvalue weighted by Crippen LogP contribution is -2.33. The van der Waals surface area contributed by atoms with Crippen molar-refractivity contribution in [1.29, 1.82) is 0 Å². The lowest BCUT2D eigenvalue weighted by atomic mass is 10.1. The van der Waals surface area contributed by atoms with Crippen molar-refractivity contribution in [3.05, 3.63) is 0 Å². The molecule has 0 aromatic carbocycles. The van der Waals surface area contributed by atoms with E-state index in [0.29, 0.717) is 5.92 Å². The topological polar surface area (TPSA) is 41.6 Å². The third-order valence-corrected chi connectivity index (χ3v) is 2.67. The van der Waals surface area contributed by atoms with Crippen LogP contribution < -0.4 is 5.32 Å². The number of hydrogen-bond acceptors (Lipinski definition) is 3. The zero-order valence-corrected chi connectivity index (χ0v) is 9.95. The molecule has 1 atom stereocenters. The molecule has 4 heteroatoms. The minimum atomic E-state index is 0.127. The third-order valence-electron chi connectivity index (χ3n) is 2.67. The molecular weight excluding hydrogens is 192 g/mol. The summed E-state index contributed by atoms with van der Waals surface area (Å²) in [7, 11) is 1.95. The van der Waals surface area contributed by atoms with E-state index in [2.05, 4.69) is 5.32 Å². The molecule has 1 fully saturated rings. The first-order valence-electron chi connectivity index (χ1n) is 5.67. The highest BCUT2D eigenvalue weighted by molar-refractivity contribution is 5.77. The summed E-state index contributed by atoms with van der Waals surface area (Å²) in [5.74, 6) is 0.736. The second-order valence-electron chi connectivity index (χ2n) is 4.41. The molecule has 15 heavy (non-hydrogen) atoms. The molecule has 1 saturated heterocycles. The van der Waals surface area contributed by atoms with Gasteiger partial charge in [-0.05, 0) is 39.8 Å². The molecule has 1 rings (SSSR count). The van der Waals surface area contributed by atoms with Crippen molar-refractivity contribution in [1.82, 2.24) is 10.2 Å². The molecule has 0 radical (unpaired) electrons. The number of rotatable bonds is 5. The molecule has 1 heterocycles. The summed E-state index contributed by atoms with van der Waals surface area (Å²) in [5.41, 5.74) is 0. The highest BCUT2D eigenvalue weighted by Gasteiger charge is 2.25. The predicted octanol–water partition coefficient (Wildman–Crippen LogP) is 0.479. The molecule has 0 aromatic rings. The van der Waals surface area contributed by atoms with Gasteiger partial charge in [-0.3, -0.25) is 4.79 Å². The van der Waals surface area contributed by atoms with Crippen molar-refractivity contribution in [3.63, 3.8) is 0 Å². The molecule has 88 valence electrons. The second-order valence-corrected chi connectivity index (χ2v) is 4.41. The fraction of sp³-hybridized carbons (Fsp3) is 0.909. The highest BCUT2D eigenvalue weighted by atomic mass is 16.5. The summed E-state index contributed by atoms with van der Waals surface area (Å²) in [6.45, 7) is 6.87. The van der Waals surface area contributed by atoms with Gasteiger partial charge < -0.3 is 15.0 Å². The van der Waals surface area contributed by atoms with E-state index in [-0.39, 0.29) is 18.6 Å². The summed E-state index contributed by atoms with van der Waals surface area (Å²) in [6.07, 6.45) is 1.23. The number of ether oxygens (including phenoxy) is 1. The minimum Gasteiger partial charge on any atom is -0.369 e. The van der Waals surface area contributed by atoms with Gasteiger partial charge in [0.25, 0.3) is 0 Å². The quantitative estimate of drug-likeness (QED) is 0.724. The first-order valence-corrected chi connectivity index (χ1v) is 5.67. The number of likely N-dealkylation sites (tertiary alicyclic amines) is 1. The van der Waals surface area contributed by atoms with Crippen LogP contribution in [-0.2, 0) is 9.53 Å². The Labute approximate surface area is 92.0 Å². The molecule has 0 aliphatic carbocycles. The van der Waals surface area contributed by atoms with Gasteiger partial charge in [-0.15, -0.1) is 0 Å². The van der Waals surface area contributed by atoms with Crippen LogP contribution >= 0.6 is 0 Å². The predicted molar refractivity (Wildman–Crippen MR) is 59.7 cm³/mol. The van der Waals surface area contributed by atoms with Gasteiger partial charge in [0, 0.05) is 13.1 Å². The highest BCUT2D eigenvalue weighted by Crippen LogP contribution is 2.15. The lowest BCUT2D eigenvalue weighted by molar-refractivity contribution is -0.136. The third kappa shape index (κ3) is 4.18. The van der Waals surface area contributed by atoms with Crippen LogP contribution in [0.5, 0.6) is 0 Å². The minimum absolute atomic E-state index is 0.127. The lowest BCUT2D eigenvalue weighted by Gasteiger charge is -2.17. The van der Waals surface area contributed by atoms with Gasteiger partial charge in [-0.25, -0.2) is 0 Å². The summed E-state index contributed by atoms with van der Waals surface area (Å²) < 4.78 is 5.30. The standard InChI is InChI=1S/C11H22N2O2/c1-9(2)15-8-11(14)13-5-4-10(7-13)6-12-3/h9-10,12H,4-8H2,1-3H3. The second kappa shape index (κ2) is 6.08. The number of amides is 1. The van der Waals surface area contributed by atoms with Crippen LogP contribution in [0.25, 0.3) is 0 Å². The molecule has 0 aromatic heterocycles. The zero-order valence-electron chi connectivity index (χ0n) is 9.95. The Hall–Kier alpha value is -0.610. The maximum absolute atomic E-state index is 11.7. The first-order chi connectivity index (χ1) is 7.13. The van der Waals surface area contributed by atoms with E-state index in [1.54, 1.807) is 0 Å². The van der Waals surface area contributed by atoms with Gasteiger partial charge in [0.1, 0.15) is 6.61 Å². The van der Waals surface area contributed by atoms with Gasteiger partial charge in [0.2, 0.25) is 5.91 Å². The molecule has 0 spiro atoms. The fourth-order valence-electron chi connectivity index (χ4n) is 1.84. The van der Waals surface area contributed by atoms with Crippen molar-refractivity contribution in [2.45, 2.75) is 26.4 Å². The van der Waals surface area contributed by atoms with Crippen LogP contribution in [0.1, 0.15) is 20.3 Å². The van der Waals surface area contributed by atoms with Crippen molar-refractivity contribution in [2.24, 2.45) is 5.92 Å². The molecule has 1 aliphatic rings. The number of hydrogen-bond donors (Lipinski definition) is 1. The zero-order chi connectivity index (χ0) is 11.3. The number of nitrogens with zero attached hydrogens (tertiary/aromatic N) is 1. The van der Waals surface area contributed by atoms with Crippen LogP contribution in [0, 0.1) is 5.92 Å². The fourth-order valence-corrected chi connectivity index (χ4v) is 1.84. The molecular formula is C11H22N2O2. The van der Waals surface area contributed by atoms with Gasteiger partial charge in [0.05, 0.1) is 6.10 Å². The van der Waals surface area contributed by atoms with E-state index in [9.17, 15) is 4.79 Å². The molecule has 0 bridgehead atoms. The Balaban J connectivity index is 2.24. The Morgan fingerprint density at radius 2 is 2.33 bits per heavy atom. The summed E-state index contributed by atoms with van der Waals surface area (Å²) in [6, 6.07) is 0. The average molecular weight is 214 g/mol. The van der Waals surface area contributed by atoms with Crippen LogP contribution in [0.2, 0.25) is 0 Å². The normalized spacial score (nSPS) is 21.3. The molecule has 1 N–H and O–H groups in total. The number of carbonyl (C=O) groups excluding carboxylic acids is 1. The van der Waals surface area contributed by atoms with Crippen LogP contribution in [0.4, 0.5) is 0 Å². The van der Waals surface area contributed by atoms with E-state index < -0.39 is 0 Å². The van der Waals surface area contributed by atoms with Crippen LogP contribution in [0.15, 0.2) is 0 Å². The van der Waals surface area contributed by atoms with E-state index in [1.807, 2.05) is 25.8 Å². The Bertz CT molecular complexity index is 207. The Morgan fingerprint density at radius 1 is 1.60 bits per heavy atom. The van der Waals surface area contributed by atoms with E-state index in [0.717, 1.165) is 26.1 Å². The van der Waals surface area contributed by atoms with Gasteiger partial charge in [-0.1, -0.05) is 0 Å². The Morgan fingerprint density at radius 3 is 2.93 bits per heavy atom. The van der Waals surface area contributed by atoms with E-state index in [1.165, 1.54) is 0 Å². The van der Waals surface area contributed by atoms with Crippen molar-refractivity contribution < 1.29 is 9.53 Å². The maximum Gasteiger partial charge on any atom is 0.248 e. The number of nitrogens with one attached hydrogen (secondary N) is 1. The van der Waals surface area contributed by atoms with Crippen molar-refractivity contribution >= 4 is 5.91 Å². The van der Waals surface area contributed by atoms with E-state index >= 15 is 0 Å². The molecule has 0 saturated carbocycles. The summed E-state index contributed by atoms with van der Waals surface area (Å²) in [4.78, 5) is 13.6. The maximum atomic E-state index is 11.7. The molecule has 1 unspecified atom stereocenters. The van der Waals surface area contributed by atoms with Gasteiger partial charge >= 0.3 is 0 Å². The van der Waals surface area contributed by atoms with E-state index in [4.69, 9.17) is 4.74 Å².